The highest BCUT2D eigenvalue weighted by atomic mass is 35.5. The molecule has 2 aliphatic carbocycles. The third kappa shape index (κ3) is 4.53. The first-order valence-electron chi connectivity index (χ1n) is 11.7. The maximum atomic E-state index is 11.4. The number of carbonyl (C=O) groups is 1. The van der Waals surface area contributed by atoms with Gasteiger partial charge in [0, 0.05) is 49.4 Å². The number of hydrogen-bond acceptors (Lipinski definition) is 6. The van der Waals surface area contributed by atoms with Crippen LogP contribution in [-0.2, 0) is 4.79 Å². The van der Waals surface area contributed by atoms with Crippen LogP contribution >= 0.6 is 11.6 Å². The zero-order chi connectivity index (χ0) is 21.4. The minimum atomic E-state index is -0.629. The van der Waals surface area contributed by atoms with Crippen molar-refractivity contribution in [2.75, 3.05) is 31.1 Å². The molecule has 4 aliphatic rings. The Bertz CT molecular complexity index is 824. The zero-order valence-electron chi connectivity index (χ0n) is 17.9. The van der Waals surface area contributed by atoms with Crippen LogP contribution in [0.5, 0.6) is 0 Å². The van der Waals surface area contributed by atoms with Crippen LogP contribution in [0.15, 0.2) is 23.3 Å². The molecule has 8 heteroatoms. The number of rotatable bonds is 4. The molecule has 7 nitrogen and oxygen atoms in total. The van der Waals surface area contributed by atoms with Gasteiger partial charge in [-0.15, -0.1) is 11.6 Å². The van der Waals surface area contributed by atoms with E-state index in [1.807, 2.05) is 6.20 Å². The number of halogens is 1. The Morgan fingerprint density at radius 1 is 1.10 bits per heavy atom. The first-order valence-corrected chi connectivity index (χ1v) is 12.2. The third-order valence-electron chi connectivity index (χ3n) is 7.54. The minimum Gasteiger partial charge on any atom is -0.481 e. The summed E-state index contributed by atoms with van der Waals surface area (Å²) in [6.07, 6.45) is 8.78. The summed E-state index contributed by atoms with van der Waals surface area (Å²) in [7, 11) is 0. The van der Waals surface area contributed by atoms with Crippen molar-refractivity contribution in [2.45, 2.75) is 68.4 Å². The molecule has 1 aromatic heterocycles. The molecule has 3 fully saturated rings. The number of fused-ring (bicyclic) bond motifs is 1. The smallest absolute Gasteiger partial charge is 0.306 e. The van der Waals surface area contributed by atoms with Gasteiger partial charge < -0.3 is 15.3 Å². The lowest BCUT2D eigenvalue weighted by Crippen LogP contribution is -2.52. The summed E-state index contributed by atoms with van der Waals surface area (Å²) < 4.78 is 0. The second kappa shape index (κ2) is 8.94. The molecule has 0 aromatic carbocycles. The van der Waals surface area contributed by atoms with Crippen molar-refractivity contribution in [1.82, 2.24) is 15.2 Å². The monoisotopic (exact) mass is 445 g/mol. The van der Waals surface area contributed by atoms with Gasteiger partial charge in [-0.1, -0.05) is 6.42 Å². The Hall–Kier alpha value is -1.86. The first kappa shape index (κ1) is 21.0. The maximum absolute atomic E-state index is 11.4. The predicted molar refractivity (Wildman–Crippen MR) is 122 cm³/mol. The molecule has 2 aliphatic heterocycles. The number of nitrogens with one attached hydrogen (secondary N) is 1. The van der Waals surface area contributed by atoms with Crippen molar-refractivity contribution in [3.8, 4) is 0 Å². The van der Waals surface area contributed by atoms with Crippen LogP contribution in [-0.4, -0.2) is 76.5 Å². The average Bonchev–Trinajstić information content (AvgIpc) is 3.22. The number of carboxylic acids is 1. The SMILES string of the molecule is O=C(O)C1CCCC(N2CCN(c3ccc(C4=NC5CCC(Cl)CC5N4)cn3)CC2)C1. The number of amidine groups is 1. The van der Waals surface area contributed by atoms with E-state index >= 15 is 0 Å². The Balaban J connectivity index is 1.16. The molecule has 1 saturated heterocycles. The molecule has 5 rings (SSSR count). The summed E-state index contributed by atoms with van der Waals surface area (Å²) in [6, 6.07) is 5.34. The molecule has 2 saturated carbocycles. The number of alkyl halides is 1. The Labute approximate surface area is 188 Å². The van der Waals surface area contributed by atoms with Gasteiger partial charge in [0.2, 0.25) is 0 Å². The number of aliphatic imine (C=N–C) groups is 1. The van der Waals surface area contributed by atoms with Crippen LogP contribution in [0.1, 0.15) is 50.5 Å². The summed E-state index contributed by atoms with van der Waals surface area (Å²) in [5.74, 6) is 1.16. The normalized spacial score (nSPS) is 34.0. The van der Waals surface area contributed by atoms with E-state index in [0.29, 0.717) is 18.1 Å². The van der Waals surface area contributed by atoms with Gasteiger partial charge in [-0.3, -0.25) is 14.7 Å². The Morgan fingerprint density at radius 3 is 2.68 bits per heavy atom. The largest absolute Gasteiger partial charge is 0.481 e. The molecule has 1 aromatic rings. The quantitative estimate of drug-likeness (QED) is 0.693. The van der Waals surface area contributed by atoms with Crippen LogP contribution in [0.2, 0.25) is 0 Å². The fraction of sp³-hybridized carbons (Fsp3) is 0.696. The molecule has 2 N–H and O–H groups in total. The number of piperazine rings is 1. The molecule has 0 radical (unpaired) electrons. The van der Waals surface area contributed by atoms with Gasteiger partial charge in [0.1, 0.15) is 11.7 Å². The molecule has 0 bridgehead atoms. The summed E-state index contributed by atoms with van der Waals surface area (Å²) in [6.45, 7) is 3.80. The average molecular weight is 446 g/mol. The molecule has 168 valence electrons. The van der Waals surface area contributed by atoms with Crippen molar-refractivity contribution in [1.29, 1.82) is 0 Å². The lowest BCUT2D eigenvalue weighted by atomic mass is 9.85. The van der Waals surface area contributed by atoms with Crippen LogP contribution in [0, 0.1) is 5.92 Å². The van der Waals surface area contributed by atoms with Gasteiger partial charge in [0.05, 0.1) is 18.0 Å². The molecule has 5 unspecified atom stereocenters. The highest BCUT2D eigenvalue weighted by Gasteiger charge is 2.35. The zero-order valence-corrected chi connectivity index (χ0v) is 18.7. The first-order chi connectivity index (χ1) is 15.1. The van der Waals surface area contributed by atoms with E-state index in [4.69, 9.17) is 21.6 Å². The predicted octanol–water partition coefficient (Wildman–Crippen LogP) is 2.73. The summed E-state index contributed by atoms with van der Waals surface area (Å²) in [5, 5.41) is 13.2. The number of anilines is 1. The van der Waals surface area contributed by atoms with Gasteiger partial charge in [-0.05, 0) is 50.7 Å². The number of carboxylic acid groups (broad SMARTS) is 1. The number of aliphatic carboxylic acids is 1. The lowest BCUT2D eigenvalue weighted by Gasteiger charge is -2.42. The molecular weight excluding hydrogens is 414 g/mol. The number of nitrogens with zero attached hydrogens (tertiary/aromatic N) is 4. The van der Waals surface area contributed by atoms with E-state index in [1.54, 1.807) is 0 Å². The highest BCUT2D eigenvalue weighted by molar-refractivity contribution is 6.20. The van der Waals surface area contributed by atoms with E-state index in [1.165, 1.54) is 0 Å². The standard InChI is InChI=1S/C23H32ClN5O2/c24-17-5-6-19-20(13-17)27-22(26-19)16-4-7-21(25-14-16)29-10-8-28(9-11-29)18-3-1-2-15(12-18)23(30)31/h4,7,14-15,17-20H,1-3,5-6,8-13H2,(H,26,27)(H,30,31). The summed E-state index contributed by atoms with van der Waals surface area (Å²) in [4.78, 5) is 25.8. The van der Waals surface area contributed by atoms with E-state index in [9.17, 15) is 9.90 Å². The van der Waals surface area contributed by atoms with Gasteiger partial charge in [0.15, 0.2) is 0 Å². The maximum Gasteiger partial charge on any atom is 0.306 e. The van der Waals surface area contributed by atoms with Gasteiger partial charge in [-0.25, -0.2) is 4.98 Å². The van der Waals surface area contributed by atoms with E-state index in [-0.39, 0.29) is 11.3 Å². The fourth-order valence-corrected chi connectivity index (χ4v) is 6.02. The second-order valence-electron chi connectivity index (χ2n) is 9.49. The number of pyridine rings is 1. The van der Waals surface area contributed by atoms with Gasteiger partial charge in [-0.2, -0.15) is 0 Å². The molecular formula is C23H32ClN5O2. The topological polar surface area (TPSA) is 81.1 Å². The summed E-state index contributed by atoms with van der Waals surface area (Å²) in [5.41, 5.74) is 1.05. The van der Waals surface area contributed by atoms with Crippen molar-refractivity contribution in [3.05, 3.63) is 23.9 Å². The lowest BCUT2D eigenvalue weighted by molar-refractivity contribution is -0.143. The Kier molecular flexibility index (Phi) is 6.06. The molecule has 3 heterocycles. The second-order valence-corrected chi connectivity index (χ2v) is 10.1. The van der Waals surface area contributed by atoms with Crippen molar-refractivity contribution in [2.24, 2.45) is 10.9 Å². The van der Waals surface area contributed by atoms with Gasteiger partial charge >= 0.3 is 5.97 Å². The van der Waals surface area contributed by atoms with Crippen LogP contribution in [0.4, 0.5) is 5.82 Å². The van der Waals surface area contributed by atoms with E-state index < -0.39 is 5.97 Å². The van der Waals surface area contributed by atoms with Crippen LogP contribution < -0.4 is 10.2 Å². The molecule has 0 amide bonds. The van der Waals surface area contributed by atoms with Gasteiger partial charge in [0.25, 0.3) is 0 Å². The van der Waals surface area contributed by atoms with Crippen LogP contribution in [0.3, 0.4) is 0 Å². The number of hydrogen-bond donors (Lipinski definition) is 2. The fourth-order valence-electron chi connectivity index (χ4n) is 5.70. The molecule has 5 atom stereocenters. The van der Waals surface area contributed by atoms with E-state index in [0.717, 1.165) is 88.3 Å². The molecule has 0 spiro atoms. The Morgan fingerprint density at radius 2 is 1.94 bits per heavy atom. The van der Waals surface area contributed by atoms with Crippen molar-refractivity contribution >= 4 is 29.2 Å². The summed E-state index contributed by atoms with van der Waals surface area (Å²) >= 11 is 6.33. The van der Waals surface area contributed by atoms with Crippen molar-refractivity contribution in [3.63, 3.8) is 0 Å². The van der Waals surface area contributed by atoms with Crippen molar-refractivity contribution < 1.29 is 9.90 Å². The highest BCUT2D eigenvalue weighted by Crippen LogP contribution is 2.30. The third-order valence-corrected chi connectivity index (χ3v) is 7.93. The van der Waals surface area contributed by atoms with Crippen LogP contribution in [0.25, 0.3) is 0 Å². The van der Waals surface area contributed by atoms with E-state index in [2.05, 4.69) is 27.2 Å². The number of aromatic nitrogens is 1. The minimum absolute atomic E-state index is 0.169. The molecule has 31 heavy (non-hydrogen) atoms.